The molecule has 0 unspecified atom stereocenters. The highest BCUT2D eigenvalue weighted by Crippen LogP contribution is 2.16. The fourth-order valence-corrected chi connectivity index (χ4v) is 1.74. The van der Waals surface area contributed by atoms with Gasteiger partial charge in [0.05, 0.1) is 5.69 Å². The Morgan fingerprint density at radius 2 is 1.89 bits per heavy atom. The van der Waals surface area contributed by atoms with Crippen LogP contribution < -0.4 is 10.6 Å². The standard InChI is InChI=1S/C13H16N4O/c1-9-8-17(15-12(9)13(14)18)11-6-4-10(5-7-11)16(2)3/h4-8H,1-3H3,(H2,14,18). The summed E-state index contributed by atoms with van der Waals surface area (Å²) in [7, 11) is 3.97. The van der Waals surface area contributed by atoms with Gasteiger partial charge >= 0.3 is 0 Å². The van der Waals surface area contributed by atoms with Gasteiger partial charge in [-0.05, 0) is 31.2 Å². The molecule has 0 spiro atoms. The van der Waals surface area contributed by atoms with Gasteiger partial charge in [-0.1, -0.05) is 0 Å². The van der Waals surface area contributed by atoms with Gasteiger partial charge in [0.1, 0.15) is 0 Å². The third-order valence-electron chi connectivity index (χ3n) is 2.76. The first-order valence-electron chi connectivity index (χ1n) is 5.63. The highest BCUT2D eigenvalue weighted by molar-refractivity contribution is 5.92. The van der Waals surface area contributed by atoms with Gasteiger partial charge in [-0.15, -0.1) is 0 Å². The molecule has 5 nitrogen and oxygen atoms in total. The average molecular weight is 244 g/mol. The molecule has 2 N–H and O–H groups in total. The van der Waals surface area contributed by atoms with Crippen molar-refractivity contribution in [3.63, 3.8) is 0 Å². The number of carbonyl (C=O) groups excluding carboxylic acids is 1. The second-order valence-electron chi connectivity index (χ2n) is 4.38. The first-order chi connectivity index (χ1) is 8.49. The third kappa shape index (κ3) is 2.20. The molecule has 18 heavy (non-hydrogen) atoms. The Bertz CT molecular complexity index is 569. The topological polar surface area (TPSA) is 64.2 Å². The van der Waals surface area contributed by atoms with Crippen molar-refractivity contribution in [3.05, 3.63) is 41.7 Å². The van der Waals surface area contributed by atoms with Crippen LogP contribution in [-0.2, 0) is 0 Å². The third-order valence-corrected chi connectivity index (χ3v) is 2.76. The molecule has 0 saturated carbocycles. The molecular weight excluding hydrogens is 228 g/mol. The Balaban J connectivity index is 2.37. The molecule has 0 aliphatic rings. The first-order valence-corrected chi connectivity index (χ1v) is 5.63. The minimum absolute atomic E-state index is 0.312. The zero-order valence-electron chi connectivity index (χ0n) is 10.7. The molecule has 94 valence electrons. The van der Waals surface area contributed by atoms with Gasteiger partial charge in [0, 0.05) is 31.5 Å². The second-order valence-corrected chi connectivity index (χ2v) is 4.38. The van der Waals surface area contributed by atoms with E-state index in [9.17, 15) is 4.79 Å². The summed E-state index contributed by atoms with van der Waals surface area (Å²) >= 11 is 0. The van der Waals surface area contributed by atoms with Crippen molar-refractivity contribution >= 4 is 11.6 Å². The lowest BCUT2D eigenvalue weighted by molar-refractivity contribution is 0.0994. The van der Waals surface area contributed by atoms with Crippen molar-refractivity contribution in [2.45, 2.75) is 6.92 Å². The van der Waals surface area contributed by atoms with Crippen molar-refractivity contribution in [1.29, 1.82) is 0 Å². The van der Waals surface area contributed by atoms with Gasteiger partial charge in [-0.25, -0.2) is 4.68 Å². The fourth-order valence-electron chi connectivity index (χ4n) is 1.74. The van der Waals surface area contributed by atoms with Crippen LogP contribution in [0.4, 0.5) is 5.69 Å². The minimum atomic E-state index is -0.504. The summed E-state index contributed by atoms with van der Waals surface area (Å²) in [5.74, 6) is -0.504. The minimum Gasteiger partial charge on any atom is -0.378 e. The van der Waals surface area contributed by atoms with Crippen LogP contribution in [0.3, 0.4) is 0 Å². The lowest BCUT2D eigenvalue weighted by Crippen LogP contribution is -2.13. The number of hydrogen-bond donors (Lipinski definition) is 1. The van der Waals surface area contributed by atoms with Crippen molar-refractivity contribution in [2.75, 3.05) is 19.0 Å². The highest BCUT2D eigenvalue weighted by Gasteiger charge is 2.11. The van der Waals surface area contributed by atoms with Crippen molar-refractivity contribution in [2.24, 2.45) is 5.73 Å². The lowest BCUT2D eigenvalue weighted by atomic mass is 10.2. The van der Waals surface area contributed by atoms with E-state index in [2.05, 4.69) is 5.10 Å². The Morgan fingerprint density at radius 1 is 1.28 bits per heavy atom. The summed E-state index contributed by atoms with van der Waals surface area (Å²) < 4.78 is 1.66. The highest BCUT2D eigenvalue weighted by atomic mass is 16.1. The van der Waals surface area contributed by atoms with Gasteiger partial charge in [-0.3, -0.25) is 4.79 Å². The van der Waals surface area contributed by atoms with E-state index in [0.717, 1.165) is 16.9 Å². The van der Waals surface area contributed by atoms with Gasteiger partial charge in [0.25, 0.3) is 5.91 Å². The summed E-state index contributed by atoms with van der Waals surface area (Å²) in [5.41, 5.74) is 8.35. The monoisotopic (exact) mass is 244 g/mol. The number of nitrogens with two attached hydrogens (primary N) is 1. The molecule has 0 fully saturated rings. The Hall–Kier alpha value is -2.30. The Morgan fingerprint density at radius 3 is 2.33 bits per heavy atom. The molecule has 0 saturated heterocycles. The number of hydrogen-bond acceptors (Lipinski definition) is 3. The molecule has 0 atom stereocenters. The van der Waals surface area contributed by atoms with Crippen LogP contribution in [0.2, 0.25) is 0 Å². The van der Waals surface area contributed by atoms with Crippen molar-refractivity contribution in [1.82, 2.24) is 9.78 Å². The molecule has 2 aromatic rings. The van der Waals surface area contributed by atoms with E-state index in [-0.39, 0.29) is 0 Å². The zero-order chi connectivity index (χ0) is 13.3. The summed E-state index contributed by atoms with van der Waals surface area (Å²) in [4.78, 5) is 13.2. The largest absolute Gasteiger partial charge is 0.378 e. The fraction of sp³-hybridized carbons (Fsp3) is 0.231. The summed E-state index contributed by atoms with van der Waals surface area (Å²) in [5, 5.41) is 4.18. The number of rotatable bonds is 3. The maximum atomic E-state index is 11.1. The number of amides is 1. The van der Waals surface area contributed by atoms with E-state index in [4.69, 9.17) is 5.73 Å². The Kier molecular flexibility index (Phi) is 3.06. The number of nitrogens with zero attached hydrogens (tertiary/aromatic N) is 3. The van der Waals surface area contributed by atoms with Crippen LogP contribution in [0.1, 0.15) is 16.1 Å². The first kappa shape index (κ1) is 12.2. The van der Waals surface area contributed by atoms with Gasteiger partial charge in [0.2, 0.25) is 0 Å². The van der Waals surface area contributed by atoms with E-state index in [1.54, 1.807) is 10.9 Å². The van der Waals surface area contributed by atoms with E-state index in [0.29, 0.717) is 5.69 Å². The maximum Gasteiger partial charge on any atom is 0.269 e. The van der Waals surface area contributed by atoms with Crippen LogP contribution in [0.15, 0.2) is 30.5 Å². The molecule has 2 rings (SSSR count). The van der Waals surface area contributed by atoms with Crippen LogP contribution in [-0.4, -0.2) is 29.8 Å². The number of carbonyl (C=O) groups is 1. The predicted octanol–water partition coefficient (Wildman–Crippen LogP) is 1.35. The van der Waals surface area contributed by atoms with E-state index < -0.39 is 5.91 Å². The smallest absolute Gasteiger partial charge is 0.269 e. The van der Waals surface area contributed by atoms with E-state index in [1.165, 1.54) is 0 Å². The lowest BCUT2D eigenvalue weighted by Gasteiger charge is -2.12. The zero-order valence-corrected chi connectivity index (χ0v) is 10.7. The van der Waals surface area contributed by atoms with E-state index in [1.807, 2.05) is 50.2 Å². The van der Waals surface area contributed by atoms with E-state index >= 15 is 0 Å². The molecule has 1 aromatic carbocycles. The van der Waals surface area contributed by atoms with Crippen LogP contribution >= 0.6 is 0 Å². The SMILES string of the molecule is Cc1cn(-c2ccc(N(C)C)cc2)nc1C(N)=O. The molecule has 0 radical (unpaired) electrons. The summed E-state index contributed by atoms with van der Waals surface area (Å²) in [6, 6.07) is 7.89. The second kappa shape index (κ2) is 4.52. The molecule has 5 heteroatoms. The Labute approximate surface area is 106 Å². The van der Waals surface area contributed by atoms with Gasteiger partial charge in [-0.2, -0.15) is 5.10 Å². The van der Waals surface area contributed by atoms with Crippen LogP contribution in [0, 0.1) is 6.92 Å². The van der Waals surface area contributed by atoms with Gasteiger partial charge < -0.3 is 10.6 Å². The number of aromatic nitrogens is 2. The molecule has 0 bridgehead atoms. The molecule has 1 aromatic heterocycles. The summed E-state index contributed by atoms with van der Waals surface area (Å²) in [6.07, 6.45) is 1.80. The van der Waals surface area contributed by atoms with Crippen molar-refractivity contribution in [3.8, 4) is 5.69 Å². The van der Waals surface area contributed by atoms with Crippen molar-refractivity contribution < 1.29 is 4.79 Å². The molecule has 1 amide bonds. The quantitative estimate of drug-likeness (QED) is 0.886. The molecule has 0 aliphatic carbocycles. The average Bonchev–Trinajstić information content (AvgIpc) is 2.71. The van der Waals surface area contributed by atoms with Crippen LogP contribution in [0.25, 0.3) is 5.69 Å². The van der Waals surface area contributed by atoms with Gasteiger partial charge in [0.15, 0.2) is 5.69 Å². The number of anilines is 1. The molecule has 1 heterocycles. The van der Waals surface area contributed by atoms with Crippen LogP contribution in [0.5, 0.6) is 0 Å². The number of benzene rings is 1. The summed E-state index contributed by atoms with van der Waals surface area (Å²) in [6.45, 7) is 1.82. The number of aryl methyl sites for hydroxylation is 1. The molecular formula is C13H16N4O. The maximum absolute atomic E-state index is 11.1. The normalized spacial score (nSPS) is 10.4. The predicted molar refractivity (Wildman–Crippen MR) is 71.1 cm³/mol. The molecule has 0 aliphatic heterocycles. The number of primary amides is 1.